The highest BCUT2D eigenvalue weighted by Gasteiger charge is 2.72. The zero-order chi connectivity index (χ0) is 34.7. The number of ether oxygens (including phenoxy) is 2. The second-order valence-corrected chi connectivity index (χ2v) is 17.8. The lowest BCUT2D eigenvalue weighted by molar-refractivity contribution is -0.298. The minimum absolute atomic E-state index is 0.00502. The van der Waals surface area contributed by atoms with E-state index in [4.69, 9.17) is 9.47 Å². The number of allylic oxidation sites excluding steroid dienone is 1. The number of carbonyl (C=O) groups excluding carboxylic acids is 1. The molecule has 11 nitrogen and oxygen atoms in total. The van der Waals surface area contributed by atoms with Crippen molar-refractivity contribution in [2.75, 3.05) is 13.2 Å². The smallest absolute Gasteiger partial charge is 0.315 e. The molecule has 47 heavy (non-hydrogen) atoms. The van der Waals surface area contributed by atoms with Crippen molar-refractivity contribution in [3.8, 4) is 0 Å². The van der Waals surface area contributed by atoms with Crippen LogP contribution in [0.4, 0.5) is 0 Å². The Morgan fingerprint density at radius 2 is 1.51 bits per heavy atom. The van der Waals surface area contributed by atoms with Crippen molar-refractivity contribution in [1.29, 1.82) is 0 Å². The Labute approximate surface area is 278 Å². The molecule has 4 saturated carbocycles. The molecular weight excluding hydrogens is 608 g/mol. The van der Waals surface area contributed by atoms with Crippen LogP contribution in [0.3, 0.4) is 0 Å². The molecule has 0 aromatic rings. The fourth-order valence-corrected chi connectivity index (χ4v) is 12.1. The highest BCUT2D eigenvalue weighted by molar-refractivity contribution is 5.79. The molecule has 268 valence electrons. The van der Waals surface area contributed by atoms with Gasteiger partial charge in [0.15, 0.2) is 0 Å². The van der Waals surface area contributed by atoms with Gasteiger partial charge in [0.25, 0.3) is 0 Å². The molecular formula is C36H58O11. The van der Waals surface area contributed by atoms with Gasteiger partial charge in [-0.2, -0.15) is 0 Å². The molecule has 6 rings (SSSR count). The van der Waals surface area contributed by atoms with Crippen LogP contribution in [-0.2, 0) is 14.3 Å². The monoisotopic (exact) mass is 666 g/mol. The third-order valence-electron chi connectivity index (χ3n) is 15.4. The topological polar surface area (TPSA) is 197 Å². The van der Waals surface area contributed by atoms with Gasteiger partial charge in [0.05, 0.1) is 36.9 Å². The van der Waals surface area contributed by atoms with Crippen molar-refractivity contribution in [3.05, 3.63) is 11.6 Å². The molecule has 1 aliphatic heterocycles. The lowest BCUT2D eigenvalue weighted by atomic mass is 9.33. The Morgan fingerprint density at radius 1 is 0.851 bits per heavy atom. The van der Waals surface area contributed by atoms with Crippen LogP contribution in [0, 0.1) is 50.2 Å². The molecule has 5 fully saturated rings. The molecule has 16 atom stereocenters. The molecule has 0 amide bonds. The van der Waals surface area contributed by atoms with Crippen LogP contribution >= 0.6 is 0 Å². The number of fused-ring (bicyclic) bond motifs is 7. The van der Waals surface area contributed by atoms with Gasteiger partial charge >= 0.3 is 5.97 Å². The van der Waals surface area contributed by atoms with Crippen molar-refractivity contribution >= 4 is 5.97 Å². The maximum absolute atomic E-state index is 14.4. The van der Waals surface area contributed by atoms with E-state index in [1.165, 1.54) is 0 Å². The zero-order valence-corrected chi connectivity index (χ0v) is 28.8. The Bertz CT molecular complexity index is 1270. The highest BCUT2D eigenvalue weighted by Crippen LogP contribution is 2.75. The summed E-state index contributed by atoms with van der Waals surface area (Å²) in [4.78, 5) is 14.4. The number of hydrogen-bond acceptors (Lipinski definition) is 11. The zero-order valence-electron chi connectivity index (χ0n) is 28.8. The summed E-state index contributed by atoms with van der Waals surface area (Å²) in [6.07, 6.45) is -3.62. The summed E-state index contributed by atoms with van der Waals surface area (Å²) in [6, 6.07) is 0. The first-order valence-corrected chi connectivity index (χ1v) is 17.7. The first-order valence-electron chi connectivity index (χ1n) is 17.7. The van der Waals surface area contributed by atoms with Crippen LogP contribution in [-0.4, -0.2) is 109 Å². The minimum Gasteiger partial charge on any atom is -0.432 e. The predicted octanol–water partition coefficient (Wildman–Crippen LogP) is 1.41. The van der Waals surface area contributed by atoms with Crippen molar-refractivity contribution < 1.29 is 55.1 Å². The summed E-state index contributed by atoms with van der Waals surface area (Å²) in [5.41, 5.74) is -2.46. The van der Waals surface area contributed by atoms with Crippen LogP contribution < -0.4 is 0 Å². The SMILES string of the molecule is CC1(C)CC[C@]2(C(=O)O[C@@H]3O[C@H](CO)[C@@H](O)[C@H](O)[C@H]3O)CC[C@]3(C)C(=CC[C@@H]4[C@@]5(C)C[C@@H](O)[C@H](O)[C@](C)(CO)C5CC[C@]43C)[C@@H]2[C@@H]1O. The summed E-state index contributed by atoms with van der Waals surface area (Å²) in [6.45, 7) is 11.9. The quantitative estimate of drug-likeness (QED) is 0.160. The molecule has 0 aromatic carbocycles. The number of esters is 1. The molecule has 6 aliphatic rings. The molecule has 1 saturated heterocycles. The Morgan fingerprint density at radius 3 is 2.15 bits per heavy atom. The molecule has 5 aliphatic carbocycles. The van der Waals surface area contributed by atoms with E-state index in [1.54, 1.807) is 0 Å². The van der Waals surface area contributed by atoms with E-state index in [0.29, 0.717) is 38.5 Å². The van der Waals surface area contributed by atoms with Crippen molar-refractivity contribution in [2.45, 2.75) is 142 Å². The maximum atomic E-state index is 14.4. The van der Waals surface area contributed by atoms with Crippen LogP contribution in [0.5, 0.6) is 0 Å². The first kappa shape index (κ1) is 35.7. The average Bonchev–Trinajstić information content (AvgIpc) is 3.02. The lowest BCUT2D eigenvalue weighted by Gasteiger charge is -2.71. The maximum Gasteiger partial charge on any atom is 0.315 e. The van der Waals surface area contributed by atoms with Crippen LogP contribution in [0.15, 0.2) is 11.6 Å². The van der Waals surface area contributed by atoms with E-state index < -0.39 is 89.2 Å². The number of aliphatic hydroxyl groups is 8. The Hall–Kier alpha value is -1.15. The molecule has 0 aromatic heterocycles. The van der Waals surface area contributed by atoms with Gasteiger partial charge in [-0.3, -0.25) is 4.79 Å². The number of rotatable bonds is 4. The fraction of sp³-hybridized carbons (Fsp3) is 0.917. The summed E-state index contributed by atoms with van der Waals surface area (Å²) in [5.74, 6) is -1.08. The lowest BCUT2D eigenvalue weighted by Crippen LogP contribution is -2.69. The van der Waals surface area contributed by atoms with Crippen molar-refractivity contribution in [3.63, 3.8) is 0 Å². The third kappa shape index (κ3) is 4.67. The third-order valence-corrected chi connectivity index (χ3v) is 15.4. The summed E-state index contributed by atoms with van der Waals surface area (Å²) >= 11 is 0. The van der Waals surface area contributed by atoms with Crippen LogP contribution in [0.25, 0.3) is 0 Å². The molecule has 0 spiro atoms. The molecule has 1 heterocycles. The first-order chi connectivity index (χ1) is 21.8. The van der Waals surface area contributed by atoms with E-state index in [-0.39, 0.29) is 29.3 Å². The highest BCUT2D eigenvalue weighted by atomic mass is 16.7. The van der Waals surface area contributed by atoms with E-state index in [2.05, 4.69) is 26.8 Å². The van der Waals surface area contributed by atoms with Gasteiger partial charge < -0.3 is 50.3 Å². The molecule has 0 radical (unpaired) electrons. The largest absolute Gasteiger partial charge is 0.432 e. The van der Waals surface area contributed by atoms with Crippen LogP contribution in [0.2, 0.25) is 0 Å². The van der Waals surface area contributed by atoms with Gasteiger partial charge in [-0.15, -0.1) is 0 Å². The van der Waals surface area contributed by atoms with E-state index in [9.17, 15) is 45.6 Å². The van der Waals surface area contributed by atoms with E-state index in [1.807, 2.05) is 20.8 Å². The van der Waals surface area contributed by atoms with Crippen LogP contribution in [0.1, 0.15) is 92.9 Å². The van der Waals surface area contributed by atoms with Crippen molar-refractivity contribution in [1.82, 2.24) is 0 Å². The Balaban J connectivity index is 1.39. The van der Waals surface area contributed by atoms with Gasteiger partial charge in [0, 0.05) is 11.3 Å². The summed E-state index contributed by atoms with van der Waals surface area (Å²) < 4.78 is 11.4. The second kappa shape index (κ2) is 11.4. The average molecular weight is 667 g/mol. The van der Waals surface area contributed by atoms with Crippen molar-refractivity contribution in [2.24, 2.45) is 50.2 Å². The summed E-state index contributed by atoms with van der Waals surface area (Å²) in [5, 5.41) is 85.9. The standard InChI is InChI=1S/C36H58O11/c1-31(2)11-13-36(30(45)47-29-26(42)25(41)24(40)20(16-37)46-29)14-12-34(5)18(23(36)28(31)44)7-8-22-32(3)15-19(39)27(43)33(4,17-38)21(32)9-10-35(22,34)6/h7,19-29,37-44H,8-17H2,1-6H3/t19-,20-,21?,22-,23-,24-,25+,26-,27+,28+,29+,32+,33-,34-,35-,36+/m1/s1. The molecule has 1 unspecified atom stereocenters. The fourth-order valence-electron chi connectivity index (χ4n) is 12.1. The van der Waals surface area contributed by atoms with Gasteiger partial charge in [-0.25, -0.2) is 0 Å². The normalized spacial score (nSPS) is 55.4. The molecule has 0 bridgehead atoms. The van der Waals surface area contributed by atoms with Gasteiger partial charge in [-0.05, 0) is 84.9 Å². The number of hydrogen-bond donors (Lipinski definition) is 8. The number of aliphatic hydroxyl groups excluding tert-OH is 8. The summed E-state index contributed by atoms with van der Waals surface area (Å²) in [7, 11) is 0. The van der Waals surface area contributed by atoms with E-state index in [0.717, 1.165) is 18.4 Å². The Kier molecular flexibility index (Phi) is 8.68. The number of carbonyl (C=O) groups is 1. The van der Waals surface area contributed by atoms with Gasteiger partial charge in [-0.1, -0.05) is 53.2 Å². The second-order valence-electron chi connectivity index (χ2n) is 17.8. The molecule has 8 N–H and O–H groups in total. The van der Waals surface area contributed by atoms with Gasteiger partial charge in [0.1, 0.15) is 24.4 Å². The molecule has 11 heteroatoms. The van der Waals surface area contributed by atoms with Gasteiger partial charge in [0.2, 0.25) is 6.29 Å². The minimum atomic E-state index is -1.72. The van der Waals surface area contributed by atoms with E-state index >= 15 is 0 Å². The predicted molar refractivity (Wildman–Crippen MR) is 169 cm³/mol.